The van der Waals surface area contributed by atoms with Crippen LogP contribution in [0, 0.1) is 29.1 Å². The molecule has 5 rings (SSSR count). The van der Waals surface area contributed by atoms with Gasteiger partial charge in [0.25, 0.3) is 0 Å². The third-order valence-corrected chi connectivity index (χ3v) is 8.29. The average molecular weight is 487 g/mol. The molecule has 5 atom stereocenters. The van der Waals surface area contributed by atoms with Gasteiger partial charge in [0.2, 0.25) is 0 Å². The van der Waals surface area contributed by atoms with E-state index in [4.69, 9.17) is 9.47 Å². The van der Waals surface area contributed by atoms with Crippen LogP contribution >= 0.6 is 0 Å². The first kappa shape index (κ1) is 24.1. The van der Waals surface area contributed by atoms with Crippen molar-refractivity contribution in [2.45, 2.75) is 63.3 Å². The molecule has 5 unspecified atom stereocenters. The highest BCUT2D eigenvalue weighted by Crippen LogP contribution is 2.59. The molecule has 4 aliphatic rings. The lowest BCUT2D eigenvalue weighted by molar-refractivity contribution is -0.128. The van der Waals surface area contributed by atoms with Crippen molar-refractivity contribution in [2.75, 3.05) is 13.7 Å². The van der Waals surface area contributed by atoms with Crippen molar-refractivity contribution in [3.8, 4) is 17.6 Å². The van der Waals surface area contributed by atoms with Crippen LogP contribution in [0.25, 0.3) is 0 Å². The Morgan fingerprint density at radius 3 is 2.63 bits per heavy atom. The van der Waals surface area contributed by atoms with Crippen molar-refractivity contribution in [3.05, 3.63) is 52.6 Å². The van der Waals surface area contributed by atoms with E-state index in [1.807, 2.05) is 37.3 Å². The fourth-order valence-corrected chi connectivity index (χ4v) is 6.52. The smallest absolute Gasteiger partial charge is 0.457 e. The molecule has 0 spiro atoms. The van der Waals surface area contributed by atoms with Crippen LogP contribution in [0.5, 0.6) is 5.75 Å². The van der Waals surface area contributed by atoms with Crippen LogP contribution in [0.1, 0.15) is 57.1 Å². The number of fused-ring (bicyclic) bond motifs is 4. The van der Waals surface area contributed by atoms with Crippen molar-refractivity contribution in [1.82, 2.24) is 0 Å². The number of benzene rings is 1. The maximum atomic E-state index is 13.6. The van der Waals surface area contributed by atoms with E-state index in [0.29, 0.717) is 24.0 Å². The predicted molar refractivity (Wildman–Crippen MR) is 123 cm³/mol. The molecule has 186 valence electrons. The van der Waals surface area contributed by atoms with Crippen LogP contribution in [0.3, 0.4) is 0 Å². The van der Waals surface area contributed by atoms with E-state index in [9.17, 15) is 23.1 Å². The summed E-state index contributed by atoms with van der Waals surface area (Å²) in [7, 11) is 1.59. The fourth-order valence-electron chi connectivity index (χ4n) is 6.52. The molecule has 0 saturated carbocycles. The monoisotopic (exact) mass is 486 g/mol. The van der Waals surface area contributed by atoms with Gasteiger partial charge < -0.3 is 14.6 Å². The molecule has 4 nitrogen and oxygen atoms in total. The summed E-state index contributed by atoms with van der Waals surface area (Å²) < 4.78 is 50.9. The summed E-state index contributed by atoms with van der Waals surface area (Å²) in [5.74, 6) is 3.98. The Kier molecular flexibility index (Phi) is 5.89. The molecule has 0 radical (unpaired) electrons. The van der Waals surface area contributed by atoms with Gasteiger partial charge in [-0.15, -0.1) is 0 Å². The number of hydrogen-bond acceptors (Lipinski definition) is 4. The second-order valence-corrected chi connectivity index (χ2v) is 10.4. The summed E-state index contributed by atoms with van der Waals surface area (Å²) in [5, 5.41) is 11.7. The number of Topliss-reactive ketones (excluding diaryl/α,β-unsaturated/α-hetero) is 1. The zero-order valence-corrected chi connectivity index (χ0v) is 19.9. The quantitative estimate of drug-likeness (QED) is 0.563. The molecule has 1 aromatic rings. The second-order valence-electron chi connectivity index (χ2n) is 10.4. The molecule has 0 bridgehead atoms. The summed E-state index contributed by atoms with van der Waals surface area (Å²) in [6, 6.07) is 7.55. The van der Waals surface area contributed by atoms with E-state index >= 15 is 0 Å². The van der Waals surface area contributed by atoms with Crippen molar-refractivity contribution >= 4 is 5.78 Å². The van der Waals surface area contributed by atoms with Crippen LogP contribution in [-0.2, 0) is 9.53 Å². The van der Waals surface area contributed by atoms with Crippen LogP contribution in [-0.4, -0.2) is 36.4 Å². The lowest BCUT2D eigenvalue weighted by atomic mass is 9.56. The van der Waals surface area contributed by atoms with E-state index in [1.165, 1.54) is 5.92 Å². The Labute approximate surface area is 203 Å². The van der Waals surface area contributed by atoms with Crippen LogP contribution in [0.15, 0.2) is 47.1 Å². The molecule has 1 N–H and O–H groups in total. The van der Waals surface area contributed by atoms with Gasteiger partial charge in [-0.1, -0.05) is 31.1 Å². The number of rotatable bonds is 2. The number of allylic oxidation sites excluding steroid dienone is 3. The zero-order chi connectivity index (χ0) is 25.0. The molecule has 7 heteroatoms. The summed E-state index contributed by atoms with van der Waals surface area (Å²) in [6.07, 6.45) is 0.0421. The molecular formula is C28H29F3O4. The molecule has 0 aromatic heterocycles. The number of carbonyl (C=O) groups is 1. The van der Waals surface area contributed by atoms with Gasteiger partial charge in [-0.2, -0.15) is 13.2 Å². The van der Waals surface area contributed by atoms with E-state index < -0.39 is 17.2 Å². The van der Waals surface area contributed by atoms with Crippen LogP contribution in [0.4, 0.5) is 13.2 Å². The number of aliphatic hydroxyl groups is 1. The van der Waals surface area contributed by atoms with Crippen molar-refractivity contribution in [2.24, 2.45) is 17.3 Å². The minimum Gasteiger partial charge on any atom is -0.497 e. The molecular weight excluding hydrogens is 457 g/mol. The Morgan fingerprint density at radius 1 is 1.20 bits per heavy atom. The number of hydrogen-bond donors (Lipinski definition) is 1. The number of methoxy groups -OCH3 is 1. The van der Waals surface area contributed by atoms with Gasteiger partial charge in [0, 0.05) is 23.3 Å². The van der Waals surface area contributed by atoms with Gasteiger partial charge >= 0.3 is 6.18 Å². The standard InChI is InChI=1S/C28H29F3O4/c1-26-16-35-23(18-6-8-20(34-2)9-7-18)15-19(26)14-22(32)24-21-5-3-4-17(21)10-11-27(33,25(24)26)12-13-28(29,30)31/h5-9,17,19,23,33H,3-4,10-11,14-16H2,1-2H3. The maximum Gasteiger partial charge on any atom is 0.457 e. The van der Waals surface area contributed by atoms with Gasteiger partial charge in [-0.05, 0) is 72.8 Å². The lowest BCUT2D eigenvalue weighted by Gasteiger charge is -2.51. The Hall–Kier alpha value is -2.56. The van der Waals surface area contributed by atoms with Gasteiger partial charge in [-0.3, -0.25) is 4.79 Å². The summed E-state index contributed by atoms with van der Waals surface area (Å²) >= 11 is 0. The van der Waals surface area contributed by atoms with E-state index in [1.54, 1.807) is 7.11 Å². The summed E-state index contributed by atoms with van der Waals surface area (Å²) in [6.45, 7) is 2.11. The Balaban J connectivity index is 1.59. The zero-order valence-electron chi connectivity index (χ0n) is 19.9. The predicted octanol–water partition coefficient (Wildman–Crippen LogP) is 5.48. The molecule has 1 aliphatic heterocycles. The Morgan fingerprint density at radius 2 is 1.94 bits per heavy atom. The highest BCUT2D eigenvalue weighted by molar-refractivity contribution is 6.02. The summed E-state index contributed by atoms with van der Waals surface area (Å²) in [4.78, 5) is 13.6. The largest absolute Gasteiger partial charge is 0.497 e. The molecule has 1 heterocycles. The highest BCUT2D eigenvalue weighted by atomic mass is 19.4. The first-order valence-corrected chi connectivity index (χ1v) is 12.1. The number of halogens is 3. The molecule has 1 fully saturated rings. The normalized spacial score (nSPS) is 34.6. The minimum absolute atomic E-state index is 0.0577. The molecule has 3 aliphatic carbocycles. The highest BCUT2D eigenvalue weighted by Gasteiger charge is 2.57. The number of ether oxygens (including phenoxy) is 2. The van der Waals surface area contributed by atoms with Gasteiger partial charge in [0.15, 0.2) is 5.78 Å². The first-order valence-electron chi connectivity index (χ1n) is 12.1. The molecule has 0 amide bonds. The third-order valence-electron chi connectivity index (χ3n) is 8.29. The molecule has 35 heavy (non-hydrogen) atoms. The van der Waals surface area contributed by atoms with Crippen LogP contribution in [0.2, 0.25) is 0 Å². The van der Waals surface area contributed by atoms with Crippen molar-refractivity contribution < 1.29 is 32.5 Å². The maximum absolute atomic E-state index is 13.6. The average Bonchev–Trinajstić information content (AvgIpc) is 3.24. The van der Waals surface area contributed by atoms with Gasteiger partial charge in [-0.25, -0.2) is 0 Å². The SMILES string of the molecule is COc1ccc(C2CC3CC(=O)C4=C(C(O)(C#CC(F)(F)F)CCC5CCC=C45)C3(C)CO2)cc1. The number of alkyl halides is 3. The number of ketones is 1. The first-order chi connectivity index (χ1) is 16.5. The molecule has 1 saturated heterocycles. The third kappa shape index (κ3) is 4.21. The van der Waals surface area contributed by atoms with Crippen molar-refractivity contribution in [3.63, 3.8) is 0 Å². The Bertz CT molecular complexity index is 1150. The summed E-state index contributed by atoms with van der Waals surface area (Å²) in [5.41, 5.74) is -0.256. The fraction of sp³-hybridized carbons (Fsp3) is 0.536. The van der Waals surface area contributed by atoms with Crippen molar-refractivity contribution in [1.29, 1.82) is 0 Å². The van der Waals surface area contributed by atoms with Crippen LogP contribution < -0.4 is 4.74 Å². The lowest BCUT2D eigenvalue weighted by Crippen LogP contribution is -2.51. The van der Waals surface area contributed by atoms with Gasteiger partial charge in [0.05, 0.1) is 19.8 Å². The minimum atomic E-state index is -4.74. The molecule has 1 aromatic carbocycles. The van der Waals surface area contributed by atoms with Gasteiger partial charge in [0.1, 0.15) is 11.4 Å². The number of carbonyl (C=O) groups excluding carboxylic acids is 1. The van der Waals surface area contributed by atoms with E-state index in [0.717, 1.165) is 29.7 Å². The van der Waals surface area contributed by atoms with E-state index in [-0.39, 0.29) is 43.2 Å². The topological polar surface area (TPSA) is 55.8 Å². The second kappa shape index (κ2) is 8.53. The van der Waals surface area contributed by atoms with E-state index in [2.05, 4.69) is 5.92 Å².